The van der Waals surface area contributed by atoms with Crippen molar-refractivity contribution < 1.29 is 9.90 Å². The summed E-state index contributed by atoms with van der Waals surface area (Å²) in [5.74, 6) is -0.807. The van der Waals surface area contributed by atoms with Crippen LogP contribution < -0.4 is 5.73 Å². The van der Waals surface area contributed by atoms with Crippen LogP contribution in [0.15, 0.2) is 18.2 Å². The fraction of sp³-hybridized carbons (Fsp3) is 0.357. The standard InChI is InChI=1S/C14H18N2O2/c1-8-9(2)16-13-7-10(3-4-11(8)13)12(15)5-6-14(17)18/h3-4,7,12,16H,5-6,15H2,1-2H3,(H,17,18). The zero-order chi connectivity index (χ0) is 13.3. The Balaban J connectivity index is 2.27. The Hall–Kier alpha value is -1.81. The van der Waals surface area contributed by atoms with E-state index in [4.69, 9.17) is 10.8 Å². The zero-order valence-electron chi connectivity index (χ0n) is 10.7. The highest BCUT2D eigenvalue weighted by Gasteiger charge is 2.11. The van der Waals surface area contributed by atoms with Crippen molar-refractivity contribution in [2.24, 2.45) is 5.73 Å². The highest BCUT2D eigenvalue weighted by atomic mass is 16.4. The van der Waals surface area contributed by atoms with Gasteiger partial charge in [-0.25, -0.2) is 0 Å². The first-order valence-corrected chi connectivity index (χ1v) is 6.05. The molecule has 0 bridgehead atoms. The van der Waals surface area contributed by atoms with Crippen LogP contribution in [0.25, 0.3) is 10.9 Å². The van der Waals surface area contributed by atoms with Crippen molar-refractivity contribution in [3.05, 3.63) is 35.0 Å². The van der Waals surface area contributed by atoms with Crippen molar-refractivity contribution in [1.29, 1.82) is 0 Å². The summed E-state index contributed by atoms with van der Waals surface area (Å²) in [6.07, 6.45) is 0.557. The SMILES string of the molecule is Cc1[nH]c2cc(C(N)CCC(=O)O)ccc2c1C. The van der Waals surface area contributed by atoms with E-state index in [0.29, 0.717) is 6.42 Å². The van der Waals surface area contributed by atoms with Crippen molar-refractivity contribution in [2.45, 2.75) is 32.7 Å². The number of carboxylic acid groups (broad SMARTS) is 1. The molecule has 1 aromatic carbocycles. The molecule has 1 unspecified atom stereocenters. The van der Waals surface area contributed by atoms with Gasteiger partial charge in [-0.15, -0.1) is 0 Å². The number of hydrogen-bond acceptors (Lipinski definition) is 2. The Kier molecular flexibility index (Phi) is 3.39. The second-order valence-electron chi connectivity index (χ2n) is 4.72. The molecule has 1 aromatic heterocycles. The van der Waals surface area contributed by atoms with Gasteiger partial charge >= 0.3 is 5.97 Å². The Morgan fingerprint density at radius 3 is 2.83 bits per heavy atom. The molecular weight excluding hydrogens is 228 g/mol. The molecule has 0 fully saturated rings. The number of carbonyl (C=O) groups is 1. The number of aryl methyl sites for hydroxylation is 2. The van der Waals surface area contributed by atoms with Gasteiger partial charge < -0.3 is 15.8 Å². The fourth-order valence-electron chi connectivity index (χ4n) is 2.17. The van der Waals surface area contributed by atoms with Crippen molar-refractivity contribution in [3.8, 4) is 0 Å². The molecule has 1 heterocycles. The molecule has 0 saturated heterocycles. The molecule has 0 aliphatic carbocycles. The Morgan fingerprint density at radius 1 is 1.44 bits per heavy atom. The predicted molar refractivity (Wildman–Crippen MR) is 71.6 cm³/mol. The molecule has 2 rings (SSSR count). The number of H-pyrrole nitrogens is 1. The van der Waals surface area contributed by atoms with Crippen molar-refractivity contribution >= 4 is 16.9 Å². The number of nitrogens with one attached hydrogen (secondary N) is 1. The van der Waals surface area contributed by atoms with Crippen LogP contribution in [-0.2, 0) is 4.79 Å². The average Bonchev–Trinajstić information content (AvgIpc) is 2.61. The van der Waals surface area contributed by atoms with E-state index in [9.17, 15) is 4.79 Å². The summed E-state index contributed by atoms with van der Waals surface area (Å²) in [6.45, 7) is 4.12. The lowest BCUT2D eigenvalue weighted by molar-refractivity contribution is -0.137. The number of benzene rings is 1. The van der Waals surface area contributed by atoms with Crippen LogP contribution in [0.2, 0.25) is 0 Å². The quantitative estimate of drug-likeness (QED) is 0.776. The van der Waals surface area contributed by atoms with E-state index in [1.807, 2.05) is 25.1 Å². The molecule has 2 aromatic rings. The summed E-state index contributed by atoms with van der Waals surface area (Å²) in [7, 11) is 0. The second-order valence-corrected chi connectivity index (χ2v) is 4.72. The van der Waals surface area contributed by atoms with E-state index in [2.05, 4.69) is 11.9 Å². The van der Waals surface area contributed by atoms with E-state index in [1.54, 1.807) is 0 Å². The summed E-state index contributed by atoms with van der Waals surface area (Å²) < 4.78 is 0. The molecule has 4 heteroatoms. The third kappa shape index (κ3) is 2.38. The Labute approximate surface area is 106 Å². The first-order valence-electron chi connectivity index (χ1n) is 6.05. The lowest BCUT2D eigenvalue weighted by atomic mass is 10.0. The number of hydrogen-bond donors (Lipinski definition) is 3. The summed E-state index contributed by atoms with van der Waals surface area (Å²) in [4.78, 5) is 13.8. The second kappa shape index (κ2) is 4.82. The molecule has 4 N–H and O–H groups in total. The number of carboxylic acids is 1. The maximum Gasteiger partial charge on any atom is 0.303 e. The van der Waals surface area contributed by atoms with Crippen LogP contribution in [0.3, 0.4) is 0 Å². The van der Waals surface area contributed by atoms with Gasteiger partial charge in [-0.3, -0.25) is 4.79 Å². The van der Waals surface area contributed by atoms with E-state index in [1.165, 1.54) is 10.9 Å². The maximum atomic E-state index is 10.5. The van der Waals surface area contributed by atoms with E-state index in [0.717, 1.165) is 16.8 Å². The first-order chi connectivity index (χ1) is 8.49. The van der Waals surface area contributed by atoms with Gasteiger partial charge in [0.05, 0.1) is 0 Å². The van der Waals surface area contributed by atoms with Gasteiger partial charge in [0, 0.05) is 29.1 Å². The molecule has 0 aliphatic rings. The fourth-order valence-corrected chi connectivity index (χ4v) is 2.17. The van der Waals surface area contributed by atoms with E-state index in [-0.39, 0.29) is 12.5 Å². The van der Waals surface area contributed by atoms with Crippen molar-refractivity contribution in [2.75, 3.05) is 0 Å². The Morgan fingerprint density at radius 2 is 2.17 bits per heavy atom. The largest absolute Gasteiger partial charge is 0.481 e. The van der Waals surface area contributed by atoms with Crippen LogP contribution in [0, 0.1) is 13.8 Å². The monoisotopic (exact) mass is 246 g/mol. The lowest BCUT2D eigenvalue weighted by Gasteiger charge is -2.10. The molecule has 0 radical (unpaired) electrons. The van der Waals surface area contributed by atoms with Crippen LogP contribution >= 0.6 is 0 Å². The normalized spacial score (nSPS) is 12.8. The maximum absolute atomic E-state index is 10.5. The molecule has 18 heavy (non-hydrogen) atoms. The minimum absolute atomic E-state index is 0.0992. The molecule has 0 spiro atoms. The van der Waals surface area contributed by atoms with E-state index < -0.39 is 5.97 Å². The number of nitrogens with two attached hydrogens (primary N) is 1. The van der Waals surface area contributed by atoms with Gasteiger partial charge in [-0.2, -0.15) is 0 Å². The van der Waals surface area contributed by atoms with E-state index >= 15 is 0 Å². The van der Waals surface area contributed by atoms with Crippen LogP contribution in [-0.4, -0.2) is 16.1 Å². The van der Waals surface area contributed by atoms with Gasteiger partial charge in [0.2, 0.25) is 0 Å². The third-order valence-corrected chi connectivity index (χ3v) is 3.43. The number of aromatic nitrogens is 1. The molecule has 1 atom stereocenters. The van der Waals surface area contributed by atoms with Crippen molar-refractivity contribution in [3.63, 3.8) is 0 Å². The molecule has 0 amide bonds. The first kappa shape index (κ1) is 12.6. The molecular formula is C14H18N2O2. The van der Waals surface area contributed by atoms with Gasteiger partial charge in [0.25, 0.3) is 0 Å². The number of rotatable bonds is 4. The lowest BCUT2D eigenvalue weighted by Crippen LogP contribution is -2.12. The number of aromatic amines is 1. The zero-order valence-corrected chi connectivity index (χ0v) is 10.7. The van der Waals surface area contributed by atoms with Gasteiger partial charge in [-0.05, 0) is 37.5 Å². The third-order valence-electron chi connectivity index (χ3n) is 3.43. The molecule has 4 nitrogen and oxygen atoms in total. The summed E-state index contributed by atoms with van der Waals surface area (Å²) in [6, 6.07) is 5.82. The van der Waals surface area contributed by atoms with Crippen LogP contribution in [0.1, 0.15) is 35.7 Å². The molecule has 96 valence electrons. The minimum Gasteiger partial charge on any atom is -0.481 e. The van der Waals surface area contributed by atoms with Gasteiger partial charge in [-0.1, -0.05) is 12.1 Å². The van der Waals surface area contributed by atoms with Crippen LogP contribution in [0.5, 0.6) is 0 Å². The van der Waals surface area contributed by atoms with Gasteiger partial charge in [0.15, 0.2) is 0 Å². The highest BCUT2D eigenvalue weighted by Crippen LogP contribution is 2.25. The summed E-state index contributed by atoms with van der Waals surface area (Å²) >= 11 is 0. The molecule has 0 saturated carbocycles. The number of aliphatic carboxylic acids is 1. The summed E-state index contributed by atoms with van der Waals surface area (Å²) in [5, 5.41) is 9.86. The predicted octanol–water partition coefficient (Wildman–Crippen LogP) is 2.65. The molecule has 0 aliphatic heterocycles. The Bertz CT molecular complexity index is 587. The van der Waals surface area contributed by atoms with Gasteiger partial charge in [0.1, 0.15) is 0 Å². The minimum atomic E-state index is -0.807. The summed E-state index contributed by atoms with van der Waals surface area (Å²) in [5.41, 5.74) is 10.4. The number of fused-ring (bicyclic) bond motifs is 1. The highest BCUT2D eigenvalue weighted by molar-refractivity contribution is 5.85. The van der Waals surface area contributed by atoms with Crippen molar-refractivity contribution in [1.82, 2.24) is 4.98 Å². The topological polar surface area (TPSA) is 79.1 Å². The average molecular weight is 246 g/mol. The van der Waals surface area contributed by atoms with Crippen LogP contribution in [0.4, 0.5) is 0 Å². The smallest absolute Gasteiger partial charge is 0.303 e.